The van der Waals surface area contributed by atoms with Crippen molar-refractivity contribution in [3.05, 3.63) is 70.8 Å². The number of hydrogen-bond donors (Lipinski definition) is 1. The number of rotatable bonds is 9. The van der Waals surface area contributed by atoms with Crippen LogP contribution in [-0.2, 0) is 11.3 Å². The third-order valence-corrected chi connectivity index (χ3v) is 4.21. The van der Waals surface area contributed by atoms with E-state index in [1.807, 2.05) is 0 Å². The first-order valence-electron chi connectivity index (χ1n) is 8.57. The number of ether oxygens (including phenoxy) is 2. The number of nitrogens with two attached hydrogens (primary N) is 1. The van der Waals surface area contributed by atoms with Gasteiger partial charge in [0.05, 0.1) is 23.8 Å². The van der Waals surface area contributed by atoms with E-state index in [1.54, 1.807) is 35.2 Å². The lowest BCUT2D eigenvalue weighted by Crippen LogP contribution is -2.30. The second kappa shape index (κ2) is 10.2. The van der Waals surface area contributed by atoms with E-state index >= 15 is 0 Å². The summed E-state index contributed by atoms with van der Waals surface area (Å²) < 4.78 is 10.5. The van der Waals surface area contributed by atoms with Gasteiger partial charge in [-0.15, -0.1) is 6.58 Å². The number of methoxy groups -OCH3 is 1. The van der Waals surface area contributed by atoms with Gasteiger partial charge in [0.25, 0.3) is 11.8 Å². The van der Waals surface area contributed by atoms with Crippen molar-refractivity contribution in [1.29, 1.82) is 5.26 Å². The predicted molar refractivity (Wildman–Crippen MR) is 109 cm³/mol. The third-order valence-electron chi connectivity index (χ3n) is 3.93. The third kappa shape index (κ3) is 5.74. The minimum Gasteiger partial charge on any atom is -0.493 e. The number of benzene rings is 2. The Hall–Kier alpha value is -3.50. The molecule has 0 bridgehead atoms. The lowest BCUT2D eigenvalue weighted by molar-refractivity contribution is -0.119. The Labute approximate surface area is 173 Å². The smallest absolute Gasteiger partial charge is 0.255 e. The van der Waals surface area contributed by atoms with E-state index in [-0.39, 0.29) is 34.6 Å². The molecule has 0 unspecified atom stereocenters. The molecule has 2 aromatic rings. The normalized spacial score (nSPS) is 9.97. The molecule has 150 valence electrons. The van der Waals surface area contributed by atoms with Crippen LogP contribution in [0.3, 0.4) is 0 Å². The molecule has 0 fully saturated rings. The van der Waals surface area contributed by atoms with Crippen LogP contribution in [0.1, 0.15) is 21.5 Å². The first kappa shape index (κ1) is 21.8. The minimum absolute atomic E-state index is 0.117. The lowest BCUT2D eigenvalue weighted by atomic mass is 10.1. The van der Waals surface area contributed by atoms with Gasteiger partial charge in [-0.25, -0.2) is 0 Å². The Morgan fingerprint density at radius 1 is 1.31 bits per heavy atom. The molecule has 0 saturated carbocycles. The first-order valence-corrected chi connectivity index (χ1v) is 8.95. The highest BCUT2D eigenvalue weighted by molar-refractivity contribution is 6.32. The van der Waals surface area contributed by atoms with E-state index in [4.69, 9.17) is 32.1 Å². The SMILES string of the molecule is C=CCN(Cc1ccc(C#N)cc1)C(=O)c1cc(Cl)c(OCC(N)=O)c(OC)c1. The van der Waals surface area contributed by atoms with Gasteiger partial charge in [-0.3, -0.25) is 9.59 Å². The molecular weight excluding hydrogens is 394 g/mol. The number of hydrogen-bond acceptors (Lipinski definition) is 5. The van der Waals surface area contributed by atoms with Crippen LogP contribution in [0.15, 0.2) is 49.1 Å². The van der Waals surface area contributed by atoms with E-state index in [0.717, 1.165) is 5.56 Å². The van der Waals surface area contributed by atoms with Crippen molar-refractivity contribution in [1.82, 2.24) is 4.90 Å². The fourth-order valence-electron chi connectivity index (χ4n) is 2.59. The van der Waals surface area contributed by atoms with Crippen LogP contribution in [0.25, 0.3) is 0 Å². The van der Waals surface area contributed by atoms with E-state index in [9.17, 15) is 9.59 Å². The fourth-order valence-corrected chi connectivity index (χ4v) is 2.85. The second-order valence-corrected chi connectivity index (χ2v) is 6.43. The highest BCUT2D eigenvalue weighted by atomic mass is 35.5. The van der Waals surface area contributed by atoms with Gasteiger partial charge < -0.3 is 20.1 Å². The predicted octanol–water partition coefficient (Wildman–Crippen LogP) is 2.91. The van der Waals surface area contributed by atoms with E-state index in [1.165, 1.54) is 19.2 Å². The van der Waals surface area contributed by atoms with Crippen molar-refractivity contribution in [2.45, 2.75) is 6.54 Å². The molecule has 0 radical (unpaired) electrons. The molecule has 2 aromatic carbocycles. The van der Waals surface area contributed by atoms with Gasteiger partial charge in [0.2, 0.25) is 0 Å². The highest BCUT2D eigenvalue weighted by Crippen LogP contribution is 2.36. The van der Waals surface area contributed by atoms with Crippen LogP contribution in [0.2, 0.25) is 5.02 Å². The molecule has 29 heavy (non-hydrogen) atoms. The van der Waals surface area contributed by atoms with Crippen molar-refractivity contribution in [2.24, 2.45) is 5.73 Å². The van der Waals surface area contributed by atoms with Gasteiger partial charge in [-0.05, 0) is 29.8 Å². The topological polar surface area (TPSA) is 106 Å². The number of nitrogens with zero attached hydrogens (tertiary/aromatic N) is 2. The summed E-state index contributed by atoms with van der Waals surface area (Å²) in [5, 5.41) is 9.03. The van der Waals surface area contributed by atoms with E-state index in [0.29, 0.717) is 18.7 Å². The first-order chi connectivity index (χ1) is 13.9. The lowest BCUT2D eigenvalue weighted by Gasteiger charge is -2.22. The van der Waals surface area contributed by atoms with Crippen LogP contribution in [0.4, 0.5) is 0 Å². The largest absolute Gasteiger partial charge is 0.493 e. The van der Waals surface area contributed by atoms with Crippen molar-refractivity contribution in [2.75, 3.05) is 20.3 Å². The molecule has 2 amide bonds. The van der Waals surface area contributed by atoms with Crippen LogP contribution < -0.4 is 15.2 Å². The number of halogens is 1. The molecule has 0 spiro atoms. The maximum absolute atomic E-state index is 13.1. The Kier molecular flexibility index (Phi) is 7.63. The molecule has 0 saturated heterocycles. The molecule has 0 atom stereocenters. The molecule has 0 aliphatic rings. The van der Waals surface area contributed by atoms with Gasteiger partial charge in [0.1, 0.15) is 0 Å². The number of carbonyl (C=O) groups is 2. The monoisotopic (exact) mass is 413 g/mol. The zero-order valence-corrected chi connectivity index (χ0v) is 16.6. The van der Waals surface area contributed by atoms with Gasteiger partial charge in [-0.1, -0.05) is 29.8 Å². The molecule has 0 aromatic heterocycles. The number of carbonyl (C=O) groups excluding carboxylic acids is 2. The van der Waals surface area contributed by atoms with Gasteiger partial charge in [-0.2, -0.15) is 5.26 Å². The number of amides is 2. The van der Waals surface area contributed by atoms with Gasteiger partial charge >= 0.3 is 0 Å². The molecule has 2 rings (SSSR count). The van der Waals surface area contributed by atoms with Crippen LogP contribution in [0, 0.1) is 11.3 Å². The van der Waals surface area contributed by atoms with E-state index in [2.05, 4.69) is 12.6 Å². The standard InChI is InChI=1S/C21H20ClN3O4/c1-3-8-25(12-15-6-4-14(11-23)5-7-15)21(27)16-9-17(22)20(18(10-16)28-2)29-13-19(24)26/h3-7,9-10H,1,8,12-13H2,2H3,(H2,24,26). The minimum atomic E-state index is -0.664. The number of nitriles is 1. The summed E-state index contributed by atoms with van der Waals surface area (Å²) in [6.07, 6.45) is 1.62. The molecule has 0 heterocycles. The summed E-state index contributed by atoms with van der Waals surface area (Å²) in [6.45, 7) is 3.95. The highest BCUT2D eigenvalue weighted by Gasteiger charge is 2.20. The van der Waals surface area contributed by atoms with E-state index < -0.39 is 5.91 Å². The van der Waals surface area contributed by atoms with Gasteiger partial charge in [0.15, 0.2) is 18.1 Å². The molecule has 8 heteroatoms. The maximum atomic E-state index is 13.1. The summed E-state index contributed by atoms with van der Waals surface area (Å²) >= 11 is 6.24. The Bertz CT molecular complexity index is 952. The molecule has 7 nitrogen and oxygen atoms in total. The summed E-state index contributed by atoms with van der Waals surface area (Å²) in [7, 11) is 1.40. The zero-order valence-electron chi connectivity index (χ0n) is 15.9. The van der Waals surface area contributed by atoms with Crippen LogP contribution in [-0.4, -0.2) is 37.0 Å². The average molecular weight is 414 g/mol. The van der Waals surface area contributed by atoms with Crippen LogP contribution >= 0.6 is 11.6 Å². The fraction of sp³-hybridized carbons (Fsp3) is 0.190. The average Bonchev–Trinajstić information content (AvgIpc) is 2.71. The Morgan fingerprint density at radius 3 is 2.55 bits per heavy atom. The van der Waals surface area contributed by atoms with Gasteiger partial charge in [0, 0.05) is 18.7 Å². The molecular formula is C21H20ClN3O4. The Morgan fingerprint density at radius 2 is 2.00 bits per heavy atom. The maximum Gasteiger partial charge on any atom is 0.255 e. The van der Waals surface area contributed by atoms with Crippen molar-refractivity contribution in [3.8, 4) is 17.6 Å². The summed E-state index contributed by atoms with van der Waals surface area (Å²) in [4.78, 5) is 25.6. The Balaban J connectivity index is 2.30. The second-order valence-electron chi connectivity index (χ2n) is 6.03. The summed E-state index contributed by atoms with van der Waals surface area (Å²) in [5.74, 6) is -0.621. The van der Waals surface area contributed by atoms with Crippen molar-refractivity contribution >= 4 is 23.4 Å². The quantitative estimate of drug-likeness (QED) is 0.636. The molecule has 0 aliphatic heterocycles. The number of primary amides is 1. The van der Waals surface area contributed by atoms with Crippen molar-refractivity contribution < 1.29 is 19.1 Å². The zero-order chi connectivity index (χ0) is 21.4. The summed E-state index contributed by atoms with van der Waals surface area (Å²) in [5.41, 5.74) is 6.77. The van der Waals surface area contributed by atoms with Crippen molar-refractivity contribution in [3.63, 3.8) is 0 Å². The molecule has 0 aliphatic carbocycles. The summed E-state index contributed by atoms with van der Waals surface area (Å²) in [6, 6.07) is 11.9. The van der Waals surface area contributed by atoms with Crippen LogP contribution in [0.5, 0.6) is 11.5 Å². The molecule has 2 N–H and O–H groups in total.